The fraction of sp³-hybridized carbons (Fsp3) is 0.333. The number of hydrogen-bond donors (Lipinski definition) is 1. The molecule has 2 aliphatic rings. The number of piperidine rings is 1. The van der Waals surface area contributed by atoms with E-state index in [0.717, 1.165) is 18.5 Å². The molecule has 3 amide bonds. The number of amides is 3. The molecule has 170 valence electrons. The lowest BCUT2D eigenvalue weighted by atomic mass is 9.91. The molecule has 3 aromatic rings. The highest BCUT2D eigenvalue weighted by Crippen LogP contribution is 2.29. The molecule has 2 fully saturated rings. The quantitative estimate of drug-likeness (QED) is 0.626. The molecule has 1 N–H and O–H groups in total. The maximum absolute atomic E-state index is 13.5. The highest BCUT2D eigenvalue weighted by Gasteiger charge is 2.46. The number of nitrogens with one attached hydrogen (secondary N) is 1. The Morgan fingerprint density at radius 1 is 1.09 bits per heavy atom. The van der Waals surface area contributed by atoms with Gasteiger partial charge in [0.1, 0.15) is 5.65 Å². The predicted octanol–water partition coefficient (Wildman–Crippen LogP) is 2.68. The van der Waals surface area contributed by atoms with Crippen LogP contribution in [0.1, 0.15) is 24.1 Å². The van der Waals surface area contributed by atoms with E-state index in [1.165, 1.54) is 21.6 Å². The molecular weight excluding hydrogens is 442 g/mol. The number of nitrogens with zero attached hydrogens (tertiary/aromatic N) is 4. The summed E-state index contributed by atoms with van der Waals surface area (Å²) in [6.45, 7) is 1.18. The Balaban J connectivity index is 1.44. The van der Waals surface area contributed by atoms with Gasteiger partial charge in [0.2, 0.25) is 5.91 Å². The summed E-state index contributed by atoms with van der Waals surface area (Å²) in [5, 5.41) is 3.77. The molecule has 2 aliphatic heterocycles. The minimum absolute atomic E-state index is 0.134. The summed E-state index contributed by atoms with van der Waals surface area (Å²) in [5.74, 6) is -0.446. The monoisotopic (exact) mass is 465 g/mol. The van der Waals surface area contributed by atoms with Crippen molar-refractivity contribution < 1.29 is 9.59 Å². The van der Waals surface area contributed by atoms with Crippen molar-refractivity contribution in [1.82, 2.24) is 24.5 Å². The van der Waals surface area contributed by atoms with Crippen LogP contribution in [0, 0.1) is 5.92 Å². The SMILES string of the molecule is O=C1C2CCCNC2N(Cc2cc(=O)n3cc(Cl)ccc3n2)C(=O)N1CCc1ccccc1. The molecule has 33 heavy (non-hydrogen) atoms. The standard InChI is InChI=1S/C24H24ClN5O3/c25-17-8-9-20-27-18(13-21(31)29(20)14-17)15-30-22-19(7-4-11-26-22)23(32)28(24(30)33)12-10-16-5-2-1-3-6-16/h1-3,5-6,8-9,13-14,19,22,26H,4,7,10-12,15H2. The molecule has 0 aliphatic carbocycles. The molecule has 2 saturated heterocycles. The number of imide groups is 1. The fourth-order valence-electron chi connectivity index (χ4n) is 4.67. The number of rotatable bonds is 5. The molecule has 0 spiro atoms. The molecule has 5 rings (SSSR count). The summed E-state index contributed by atoms with van der Waals surface area (Å²) in [5.41, 5.74) is 1.72. The Morgan fingerprint density at radius 2 is 1.91 bits per heavy atom. The molecular formula is C24H24ClN5O3. The van der Waals surface area contributed by atoms with E-state index in [9.17, 15) is 14.4 Å². The van der Waals surface area contributed by atoms with Crippen LogP contribution >= 0.6 is 11.6 Å². The molecule has 0 bridgehead atoms. The molecule has 9 heteroatoms. The molecule has 0 saturated carbocycles. The van der Waals surface area contributed by atoms with E-state index < -0.39 is 6.17 Å². The van der Waals surface area contributed by atoms with Crippen LogP contribution in [0.5, 0.6) is 0 Å². The van der Waals surface area contributed by atoms with Gasteiger partial charge in [-0.3, -0.25) is 24.2 Å². The van der Waals surface area contributed by atoms with Gasteiger partial charge in [0.25, 0.3) is 5.56 Å². The van der Waals surface area contributed by atoms with Gasteiger partial charge in [-0.2, -0.15) is 0 Å². The van der Waals surface area contributed by atoms with Gasteiger partial charge in [0.15, 0.2) is 0 Å². The molecule has 2 aromatic heterocycles. The zero-order valence-electron chi connectivity index (χ0n) is 18.0. The second-order valence-electron chi connectivity index (χ2n) is 8.44. The number of urea groups is 1. The topological polar surface area (TPSA) is 87.0 Å². The summed E-state index contributed by atoms with van der Waals surface area (Å²) in [4.78, 5) is 46.9. The van der Waals surface area contributed by atoms with Gasteiger partial charge < -0.3 is 4.90 Å². The van der Waals surface area contributed by atoms with Gasteiger partial charge in [-0.05, 0) is 43.5 Å². The molecule has 0 radical (unpaired) electrons. The second-order valence-corrected chi connectivity index (χ2v) is 8.88. The zero-order chi connectivity index (χ0) is 22.9. The first-order chi connectivity index (χ1) is 16.0. The van der Waals surface area contributed by atoms with Crippen molar-refractivity contribution in [3.05, 3.63) is 81.4 Å². The Kier molecular flexibility index (Phi) is 5.86. The third-order valence-corrected chi connectivity index (χ3v) is 6.52. The number of halogens is 1. The number of carbonyl (C=O) groups excluding carboxylic acids is 2. The number of aromatic nitrogens is 2. The first kappa shape index (κ1) is 21.6. The third-order valence-electron chi connectivity index (χ3n) is 6.30. The van der Waals surface area contributed by atoms with E-state index in [2.05, 4.69) is 10.3 Å². The van der Waals surface area contributed by atoms with Crippen LogP contribution in [0.4, 0.5) is 4.79 Å². The van der Waals surface area contributed by atoms with Crippen molar-refractivity contribution in [2.24, 2.45) is 5.92 Å². The van der Waals surface area contributed by atoms with E-state index in [-0.39, 0.29) is 30.0 Å². The normalized spacial score (nSPS) is 20.9. The average molecular weight is 466 g/mol. The van der Waals surface area contributed by atoms with Gasteiger partial charge in [-0.1, -0.05) is 41.9 Å². The van der Waals surface area contributed by atoms with Gasteiger partial charge in [-0.15, -0.1) is 0 Å². The highest BCUT2D eigenvalue weighted by atomic mass is 35.5. The number of carbonyl (C=O) groups is 2. The smallest absolute Gasteiger partial charge is 0.302 e. The van der Waals surface area contributed by atoms with E-state index in [0.29, 0.717) is 35.8 Å². The fourth-order valence-corrected chi connectivity index (χ4v) is 4.83. The van der Waals surface area contributed by atoms with E-state index in [1.54, 1.807) is 17.0 Å². The summed E-state index contributed by atoms with van der Waals surface area (Å²) >= 11 is 6.00. The van der Waals surface area contributed by atoms with Gasteiger partial charge in [0, 0.05) is 18.8 Å². The predicted molar refractivity (Wildman–Crippen MR) is 124 cm³/mol. The number of benzene rings is 1. The lowest BCUT2D eigenvalue weighted by Crippen LogP contribution is -2.67. The minimum atomic E-state index is -0.405. The van der Waals surface area contributed by atoms with Crippen molar-refractivity contribution >= 4 is 29.2 Å². The highest BCUT2D eigenvalue weighted by molar-refractivity contribution is 6.30. The first-order valence-electron chi connectivity index (χ1n) is 11.1. The Hall–Kier alpha value is -3.23. The maximum atomic E-state index is 13.5. The lowest BCUT2D eigenvalue weighted by Gasteiger charge is -2.47. The van der Waals surface area contributed by atoms with Crippen molar-refractivity contribution in [2.45, 2.75) is 32.0 Å². The Labute approximate surface area is 195 Å². The van der Waals surface area contributed by atoms with Crippen LogP contribution < -0.4 is 10.9 Å². The average Bonchev–Trinajstić information content (AvgIpc) is 2.83. The number of fused-ring (bicyclic) bond motifs is 2. The van der Waals surface area contributed by atoms with Crippen molar-refractivity contribution in [3.63, 3.8) is 0 Å². The molecule has 4 heterocycles. The van der Waals surface area contributed by atoms with Gasteiger partial charge in [0.05, 0.1) is 29.3 Å². The molecule has 8 nitrogen and oxygen atoms in total. The third kappa shape index (κ3) is 4.24. The van der Waals surface area contributed by atoms with E-state index in [4.69, 9.17) is 11.6 Å². The van der Waals surface area contributed by atoms with E-state index in [1.807, 2.05) is 30.3 Å². The van der Waals surface area contributed by atoms with Gasteiger partial charge >= 0.3 is 6.03 Å². The largest absolute Gasteiger partial charge is 0.328 e. The van der Waals surface area contributed by atoms with Crippen LogP contribution in [0.15, 0.2) is 59.5 Å². The summed E-state index contributed by atoms with van der Waals surface area (Å²) < 4.78 is 1.38. The Bertz CT molecular complexity index is 1260. The molecule has 1 aromatic carbocycles. The first-order valence-corrected chi connectivity index (χ1v) is 11.5. The second kappa shape index (κ2) is 8.96. The van der Waals surface area contributed by atoms with Crippen molar-refractivity contribution in [1.29, 1.82) is 0 Å². The zero-order valence-corrected chi connectivity index (χ0v) is 18.7. The van der Waals surface area contributed by atoms with Gasteiger partial charge in [-0.25, -0.2) is 9.78 Å². The van der Waals surface area contributed by atoms with Crippen LogP contribution in [0.3, 0.4) is 0 Å². The lowest BCUT2D eigenvalue weighted by molar-refractivity contribution is -0.141. The number of pyridine rings is 1. The van der Waals surface area contributed by atoms with E-state index >= 15 is 0 Å². The maximum Gasteiger partial charge on any atom is 0.328 e. The summed E-state index contributed by atoms with van der Waals surface area (Å²) in [6, 6.07) is 14.2. The van der Waals surface area contributed by atoms with Crippen LogP contribution in [-0.4, -0.2) is 50.4 Å². The molecule has 2 unspecified atom stereocenters. The van der Waals surface area contributed by atoms with Crippen LogP contribution in [0.25, 0.3) is 5.65 Å². The van der Waals surface area contributed by atoms with Crippen molar-refractivity contribution in [2.75, 3.05) is 13.1 Å². The summed E-state index contributed by atoms with van der Waals surface area (Å²) in [6.07, 6.45) is 3.29. The molecule has 2 atom stereocenters. The number of hydrogen-bond acceptors (Lipinski definition) is 5. The summed E-state index contributed by atoms with van der Waals surface area (Å²) in [7, 11) is 0. The van der Waals surface area contributed by atoms with Crippen molar-refractivity contribution in [3.8, 4) is 0 Å². The minimum Gasteiger partial charge on any atom is -0.302 e. The van der Waals surface area contributed by atoms with Crippen LogP contribution in [-0.2, 0) is 17.8 Å². The van der Waals surface area contributed by atoms with Crippen LogP contribution in [0.2, 0.25) is 5.02 Å². The Morgan fingerprint density at radius 3 is 2.73 bits per heavy atom.